The van der Waals surface area contributed by atoms with E-state index in [0.29, 0.717) is 5.56 Å². The first kappa shape index (κ1) is 14.2. The van der Waals surface area contributed by atoms with Gasteiger partial charge in [0.15, 0.2) is 0 Å². The van der Waals surface area contributed by atoms with E-state index in [4.69, 9.17) is 5.11 Å². The zero-order valence-electron chi connectivity index (χ0n) is 10.1. The van der Waals surface area contributed by atoms with Gasteiger partial charge in [0.1, 0.15) is 5.82 Å². The summed E-state index contributed by atoms with van der Waals surface area (Å²) in [4.78, 5) is 23.0. The molecule has 0 saturated carbocycles. The van der Waals surface area contributed by atoms with Gasteiger partial charge in [-0.1, -0.05) is 22.0 Å². The number of halogens is 2. The van der Waals surface area contributed by atoms with Gasteiger partial charge in [-0.15, -0.1) is 0 Å². The van der Waals surface area contributed by atoms with Crippen molar-refractivity contribution in [3.8, 4) is 0 Å². The number of aromatic carboxylic acids is 1. The third-order valence-corrected chi connectivity index (χ3v) is 3.04. The Labute approximate surface area is 122 Å². The largest absolute Gasteiger partial charge is 0.478 e. The number of benzene rings is 2. The number of hydrogen-bond donors (Lipinski definition) is 2. The highest BCUT2D eigenvalue weighted by Crippen LogP contribution is 2.19. The minimum absolute atomic E-state index is 0.0453. The third kappa shape index (κ3) is 3.21. The van der Waals surface area contributed by atoms with Gasteiger partial charge in [0, 0.05) is 10.0 Å². The van der Waals surface area contributed by atoms with Crippen LogP contribution in [0.15, 0.2) is 46.9 Å². The Bertz CT molecular complexity index is 688. The lowest BCUT2D eigenvalue weighted by Gasteiger charge is -2.08. The van der Waals surface area contributed by atoms with Gasteiger partial charge in [-0.2, -0.15) is 0 Å². The number of nitrogens with one attached hydrogen (secondary N) is 1. The van der Waals surface area contributed by atoms with Crippen LogP contribution >= 0.6 is 15.9 Å². The lowest BCUT2D eigenvalue weighted by molar-refractivity contribution is 0.0697. The number of carbonyl (C=O) groups excluding carboxylic acids is 1. The number of carbonyl (C=O) groups is 2. The Morgan fingerprint density at radius 3 is 2.55 bits per heavy atom. The molecule has 0 spiro atoms. The van der Waals surface area contributed by atoms with Crippen LogP contribution in [0, 0.1) is 5.82 Å². The number of anilines is 1. The summed E-state index contributed by atoms with van der Waals surface area (Å²) in [7, 11) is 0. The molecule has 0 unspecified atom stereocenters. The van der Waals surface area contributed by atoms with Gasteiger partial charge in [-0.3, -0.25) is 4.79 Å². The molecule has 0 radical (unpaired) electrons. The van der Waals surface area contributed by atoms with Gasteiger partial charge in [0.25, 0.3) is 5.91 Å². The first-order valence-electron chi connectivity index (χ1n) is 5.57. The van der Waals surface area contributed by atoms with E-state index in [0.717, 1.165) is 16.6 Å². The summed E-state index contributed by atoms with van der Waals surface area (Å²) in [6.07, 6.45) is 0. The molecule has 0 atom stereocenters. The minimum Gasteiger partial charge on any atom is -0.478 e. The fourth-order valence-corrected chi connectivity index (χ4v) is 2.03. The van der Waals surface area contributed by atoms with Crippen LogP contribution in [-0.2, 0) is 0 Å². The summed E-state index contributed by atoms with van der Waals surface area (Å²) in [6.45, 7) is 0. The predicted octanol–water partition coefficient (Wildman–Crippen LogP) is 3.54. The second-order valence-electron chi connectivity index (χ2n) is 3.96. The topological polar surface area (TPSA) is 66.4 Å². The van der Waals surface area contributed by atoms with Crippen LogP contribution in [0.25, 0.3) is 0 Å². The Morgan fingerprint density at radius 2 is 1.90 bits per heavy atom. The van der Waals surface area contributed by atoms with Crippen LogP contribution in [0.3, 0.4) is 0 Å². The van der Waals surface area contributed by atoms with Crippen molar-refractivity contribution in [3.05, 3.63) is 63.9 Å². The SMILES string of the molecule is O=C(Nc1ccc(F)cc1C(=O)O)c1cccc(Br)c1. The number of carboxylic acids is 1. The maximum atomic E-state index is 13.0. The van der Waals surface area contributed by atoms with Crippen LogP contribution < -0.4 is 5.32 Å². The monoisotopic (exact) mass is 337 g/mol. The highest BCUT2D eigenvalue weighted by atomic mass is 79.9. The summed E-state index contributed by atoms with van der Waals surface area (Å²) in [5.74, 6) is -2.46. The van der Waals surface area contributed by atoms with Gasteiger partial charge in [0.2, 0.25) is 0 Å². The summed E-state index contributed by atoms with van der Waals surface area (Å²) in [5.41, 5.74) is 0.109. The Hall–Kier alpha value is -2.21. The maximum absolute atomic E-state index is 13.0. The zero-order chi connectivity index (χ0) is 14.7. The lowest BCUT2D eigenvalue weighted by Crippen LogP contribution is -2.15. The quantitative estimate of drug-likeness (QED) is 0.900. The van der Waals surface area contributed by atoms with Crippen molar-refractivity contribution >= 4 is 33.5 Å². The van der Waals surface area contributed by atoms with Gasteiger partial charge in [0.05, 0.1) is 11.3 Å². The molecule has 2 N–H and O–H groups in total. The van der Waals surface area contributed by atoms with E-state index in [-0.39, 0.29) is 11.3 Å². The molecule has 0 aliphatic rings. The van der Waals surface area contributed by atoms with E-state index in [1.54, 1.807) is 24.3 Å². The molecule has 0 aliphatic heterocycles. The van der Waals surface area contributed by atoms with Crippen molar-refractivity contribution in [1.82, 2.24) is 0 Å². The Morgan fingerprint density at radius 1 is 1.15 bits per heavy atom. The molecule has 6 heteroatoms. The molecule has 2 aromatic rings. The number of hydrogen-bond acceptors (Lipinski definition) is 2. The lowest BCUT2D eigenvalue weighted by atomic mass is 10.1. The molecule has 20 heavy (non-hydrogen) atoms. The molecular formula is C14H9BrFNO3. The average molecular weight is 338 g/mol. The van der Waals surface area contributed by atoms with Crippen LogP contribution in [0.2, 0.25) is 0 Å². The van der Waals surface area contributed by atoms with Gasteiger partial charge < -0.3 is 10.4 Å². The molecule has 2 aromatic carbocycles. The highest BCUT2D eigenvalue weighted by Gasteiger charge is 2.14. The summed E-state index contributed by atoms with van der Waals surface area (Å²) in [6, 6.07) is 9.79. The van der Waals surface area contributed by atoms with Crippen LogP contribution in [-0.4, -0.2) is 17.0 Å². The fraction of sp³-hybridized carbons (Fsp3) is 0. The van der Waals surface area contributed by atoms with Crippen molar-refractivity contribution in [2.24, 2.45) is 0 Å². The maximum Gasteiger partial charge on any atom is 0.337 e. The Kier molecular flexibility index (Phi) is 4.14. The normalized spacial score (nSPS) is 10.1. The molecule has 0 aromatic heterocycles. The van der Waals surface area contributed by atoms with Gasteiger partial charge in [-0.05, 0) is 36.4 Å². The van der Waals surface area contributed by atoms with Gasteiger partial charge in [-0.25, -0.2) is 9.18 Å². The zero-order valence-corrected chi connectivity index (χ0v) is 11.6. The molecule has 4 nitrogen and oxygen atoms in total. The van der Waals surface area contributed by atoms with Crippen molar-refractivity contribution in [2.45, 2.75) is 0 Å². The Balaban J connectivity index is 2.30. The molecule has 0 fully saturated rings. The summed E-state index contributed by atoms with van der Waals surface area (Å²) in [5, 5.41) is 11.4. The molecule has 0 heterocycles. The number of carboxylic acid groups (broad SMARTS) is 1. The van der Waals surface area contributed by atoms with Crippen molar-refractivity contribution in [3.63, 3.8) is 0 Å². The first-order chi connectivity index (χ1) is 9.47. The molecule has 0 saturated heterocycles. The fourth-order valence-electron chi connectivity index (χ4n) is 1.63. The number of rotatable bonds is 3. The van der Waals surface area contributed by atoms with E-state index in [2.05, 4.69) is 21.2 Å². The number of amides is 1. The van der Waals surface area contributed by atoms with Crippen molar-refractivity contribution < 1.29 is 19.1 Å². The average Bonchev–Trinajstić information content (AvgIpc) is 2.40. The van der Waals surface area contributed by atoms with Crippen LogP contribution in [0.4, 0.5) is 10.1 Å². The minimum atomic E-state index is -1.31. The molecule has 0 aliphatic carbocycles. The van der Waals surface area contributed by atoms with Gasteiger partial charge >= 0.3 is 5.97 Å². The summed E-state index contributed by atoms with van der Waals surface area (Å²) >= 11 is 3.24. The van der Waals surface area contributed by atoms with E-state index in [1.165, 1.54) is 6.07 Å². The standard InChI is InChI=1S/C14H9BrFNO3/c15-9-3-1-2-8(6-9)13(18)17-12-5-4-10(16)7-11(12)14(19)20/h1-7H,(H,17,18)(H,19,20). The predicted molar refractivity (Wildman–Crippen MR) is 75.5 cm³/mol. The third-order valence-electron chi connectivity index (χ3n) is 2.55. The van der Waals surface area contributed by atoms with Crippen molar-refractivity contribution in [1.29, 1.82) is 0 Å². The van der Waals surface area contributed by atoms with E-state index < -0.39 is 17.7 Å². The van der Waals surface area contributed by atoms with E-state index >= 15 is 0 Å². The van der Waals surface area contributed by atoms with Crippen LogP contribution in [0.5, 0.6) is 0 Å². The van der Waals surface area contributed by atoms with E-state index in [9.17, 15) is 14.0 Å². The van der Waals surface area contributed by atoms with Crippen molar-refractivity contribution in [2.75, 3.05) is 5.32 Å². The summed E-state index contributed by atoms with van der Waals surface area (Å²) < 4.78 is 13.8. The first-order valence-corrected chi connectivity index (χ1v) is 6.36. The van der Waals surface area contributed by atoms with Crippen LogP contribution in [0.1, 0.15) is 20.7 Å². The molecule has 1 amide bonds. The second-order valence-corrected chi connectivity index (χ2v) is 4.88. The molecular weight excluding hydrogens is 329 g/mol. The molecule has 0 bridgehead atoms. The molecule has 102 valence electrons. The molecule has 2 rings (SSSR count). The van der Waals surface area contributed by atoms with E-state index in [1.807, 2.05) is 0 Å². The smallest absolute Gasteiger partial charge is 0.337 e. The highest BCUT2D eigenvalue weighted by molar-refractivity contribution is 9.10. The second kappa shape index (κ2) is 5.83.